The molecule has 22 heavy (non-hydrogen) atoms. The monoisotopic (exact) mass is 343 g/mol. The van der Waals surface area contributed by atoms with E-state index in [1.165, 1.54) is 16.9 Å². The smallest absolute Gasteiger partial charge is 0.264 e. The van der Waals surface area contributed by atoms with Crippen molar-refractivity contribution in [3.63, 3.8) is 0 Å². The van der Waals surface area contributed by atoms with Gasteiger partial charge in [-0.3, -0.25) is 4.79 Å². The molecule has 1 aromatic heterocycles. The van der Waals surface area contributed by atoms with E-state index < -0.39 is 9.84 Å². The fourth-order valence-electron chi connectivity index (χ4n) is 3.24. The Bertz CT molecular complexity index is 644. The molecule has 1 saturated heterocycles. The number of carbonyl (C=O) groups excluding carboxylic acids is 1. The average Bonchev–Trinajstić information content (AvgIpc) is 3.13. The Morgan fingerprint density at radius 1 is 1.45 bits per heavy atom. The summed E-state index contributed by atoms with van der Waals surface area (Å²) in [6.45, 7) is 0.867. The number of methoxy groups -OCH3 is 1. The maximum atomic E-state index is 12.8. The second-order valence-electron chi connectivity index (χ2n) is 5.96. The van der Waals surface area contributed by atoms with Crippen molar-refractivity contribution < 1.29 is 17.9 Å². The largest absolute Gasteiger partial charge is 0.383 e. The number of thiophene rings is 1. The van der Waals surface area contributed by atoms with Gasteiger partial charge in [-0.2, -0.15) is 0 Å². The van der Waals surface area contributed by atoms with Crippen molar-refractivity contribution in [3.8, 4) is 0 Å². The number of hydrogen-bond donors (Lipinski definition) is 0. The van der Waals surface area contributed by atoms with Crippen LogP contribution in [0.25, 0.3) is 0 Å². The van der Waals surface area contributed by atoms with Crippen LogP contribution in [0.2, 0.25) is 0 Å². The highest BCUT2D eigenvalue weighted by Crippen LogP contribution is 2.32. The lowest BCUT2D eigenvalue weighted by Crippen LogP contribution is -2.42. The van der Waals surface area contributed by atoms with Crippen LogP contribution in [0.1, 0.15) is 33.0 Å². The Balaban J connectivity index is 1.80. The highest BCUT2D eigenvalue weighted by Gasteiger charge is 2.35. The van der Waals surface area contributed by atoms with E-state index in [-0.39, 0.29) is 23.5 Å². The van der Waals surface area contributed by atoms with Crippen LogP contribution in [0.4, 0.5) is 0 Å². The zero-order valence-electron chi connectivity index (χ0n) is 12.7. The number of amides is 1. The minimum atomic E-state index is -3.01. The van der Waals surface area contributed by atoms with E-state index in [9.17, 15) is 13.2 Å². The molecule has 1 aliphatic carbocycles. The summed E-state index contributed by atoms with van der Waals surface area (Å²) in [5.74, 6) is 0.210. The van der Waals surface area contributed by atoms with Crippen LogP contribution in [0.3, 0.4) is 0 Å². The lowest BCUT2D eigenvalue weighted by molar-refractivity contribution is 0.0629. The molecule has 0 N–H and O–H groups in total. The van der Waals surface area contributed by atoms with E-state index in [0.29, 0.717) is 19.6 Å². The number of carbonyl (C=O) groups is 1. The van der Waals surface area contributed by atoms with Crippen LogP contribution in [-0.4, -0.2) is 57.0 Å². The third-order valence-electron chi connectivity index (χ3n) is 4.40. The fraction of sp³-hybridized carbons (Fsp3) is 0.667. The molecule has 1 fully saturated rings. The van der Waals surface area contributed by atoms with Gasteiger partial charge in [0, 0.05) is 24.6 Å². The molecule has 0 spiro atoms. The Morgan fingerprint density at radius 2 is 2.27 bits per heavy atom. The van der Waals surface area contributed by atoms with Gasteiger partial charge in [0.25, 0.3) is 5.91 Å². The number of nitrogens with zero attached hydrogens (tertiary/aromatic N) is 1. The van der Waals surface area contributed by atoms with Crippen molar-refractivity contribution in [1.82, 2.24) is 4.90 Å². The van der Waals surface area contributed by atoms with Crippen LogP contribution in [0.15, 0.2) is 6.07 Å². The predicted octanol–water partition coefficient (Wildman–Crippen LogP) is 1.51. The number of ether oxygens (including phenoxy) is 1. The molecule has 2 aliphatic rings. The van der Waals surface area contributed by atoms with Gasteiger partial charge in [-0.1, -0.05) is 0 Å². The number of rotatable bonds is 5. The van der Waals surface area contributed by atoms with Gasteiger partial charge < -0.3 is 9.64 Å². The highest BCUT2D eigenvalue weighted by atomic mass is 32.2. The molecule has 0 saturated carbocycles. The molecule has 2 heterocycles. The molecule has 1 unspecified atom stereocenters. The molecule has 3 rings (SSSR count). The molecule has 5 nitrogen and oxygen atoms in total. The number of sulfone groups is 1. The van der Waals surface area contributed by atoms with Crippen LogP contribution in [0, 0.1) is 0 Å². The molecule has 7 heteroatoms. The quantitative estimate of drug-likeness (QED) is 0.813. The molecular formula is C15H21NO4S2. The van der Waals surface area contributed by atoms with Crippen molar-refractivity contribution in [2.75, 3.05) is 31.8 Å². The summed E-state index contributed by atoms with van der Waals surface area (Å²) >= 11 is 1.57. The van der Waals surface area contributed by atoms with Crippen molar-refractivity contribution >= 4 is 27.1 Å². The van der Waals surface area contributed by atoms with Crippen molar-refractivity contribution in [2.45, 2.75) is 31.7 Å². The highest BCUT2D eigenvalue weighted by molar-refractivity contribution is 7.91. The first-order valence-corrected chi connectivity index (χ1v) is 10.3. The summed E-state index contributed by atoms with van der Waals surface area (Å²) in [6.07, 6.45) is 3.81. The van der Waals surface area contributed by atoms with Gasteiger partial charge in [-0.25, -0.2) is 8.42 Å². The van der Waals surface area contributed by atoms with Gasteiger partial charge in [0.05, 0.1) is 23.0 Å². The molecule has 0 bridgehead atoms. The summed E-state index contributed by atoms with van der Waals surface area (Å²) in [6, 6.07) is 1.78. The average molecular weight is 343 g/mol. The van der Waals surface area contributed by atoms with Crippen molar-refractivity contribution in [2.24, 2.45) is 0 Å². The van der Waals surface area contributed by atoms with E-state index in [1.54, 1.807) is 23.3 Å². The van der Waals surface area contributed by atoms with Gasteiger partial charge in [0.1, 0.15) is 0 Å². The Kier molecular flexibility index (Phi) is 4.56. The lowest BCUT2D eigenvalue weighted by Gasteiger charge is -2.27. The van der Waals surface area contributed by atoms with Gasteiger partial charge in [-0.05, 0) is 37.3 Å². The SMILES string of the molecule is COCCN(C(=O)c1cc2c(s1)CCC2)C1CCS(=O)(=O)C1. The zero-order valence-corrected chi connectivity index (χ0v) is 14.3. The van der Waals surface area contributed by atoms with Gasteiger partial charge in [0.2, 0.25) is 0 Å². The molecule has 122 valence electrons. The first-order chi connectivity index (χ1) is 10.5. The van der Waals surface area contributed by atoms with Gasteiger partial charge >= 0.3 is 0 Å². The van der Waals surface area contributed by atoms with Crippen LogP contribution < -0.4 is 0 Å². The first kappa shape index (κ1) is 16.0. The number of fused-ring (bicyclic) bond motifs is 1. The van der Waals surface area contributed by atoms with Crippen LogP contribution in [-0.2, 0) is 27.4 Å². The van der Waals surface area contributed by atoms with Crippen LogP contribution in [0.5, 0.6) is 0 Å². The standard InChI is InChI=1S/C15H21NO4S2/c1-20-7-6-16(12-5-8-22(18,19)10-12)15(17)14-9-11-3-2-4-13(11)21-14/h9,12H,2-8,10H2,1H3. The summed E-state index contributed by atoms with van der Waals surface area (Å²) < 4.78 is 28.5. The summed E-state index contributed by atoms with van der Waals surface area (Å²) in [5.41, 5.74) is 1.29. The molecule has 1 aliphatic heterocycles. The minimum absolute atomic E-state index is 0.0430. The predicted molar refractivity (Wildman–Crippen MR) is 86.3 cm³/mol. The third kappa shape index (κ3) is 3.21. The maximum absolute atomic E-state index is 12.8. The molecule has 1 amide bonds. The third-order valence-corrected chi connectivity index (χ3v) is 7.38. The second-order valence-corrected chi connectivity index (χ2v) is 9.33. The van der Waals surface area contributed by atoms with E-state index >= 15 is 0 Å². The van der Waals surface area contributed by atoms with E-state index in [2.05, 4.69) is 0 Å². The molecule has 1 aromatic rings. The normalized spacial score (nSPS) is 22.7. The van der Waals surface area contributed by atoms with Crippen molar-refractivity contribution in [3.05, 3.63) is 21.4 Å². The zero-order chi connectivity index (χ0) is 15.7. The van der Waals surface area contributed by atoms with Gasteiger partial charge in [0.15, 0.2) is 9.84 Å². The van der Waals surface area contributed by atoms with Gasteiger partial charge in [-0.15, -0.1) is 11.3 Å². The van der Waals surface area contributed by atoms with Crippen molar-refractivity contribution in [1.29, 1.82) is 0 Å². The number of aryl methyl sites for hydroxylation is 2. The molecule has 0 radical (unpaired) electrons. The molecule has 1 atom stereocenters. The van der Waals surface area contributed by atoms with E-state index in [4.69, 9.17) is 4.74 Å². The van der Waals surface area contributed by atoms with Crippen LogP contribution >= 0.6 is 11.3 Å². The van der Waals surface area contributed by atoms with E-state index in [0.717, 1.165) is 17.7 Å². The summed E-state index contributed by atoms with van der Waals surface area (Å²) in [4.78, 5) is 16.6. The maximum Gasteiger partial charge on any atom is 0.264 e. The molecular weight excluding hydrogens is 322 g/mol. The Hall–Kier alpha value is -0.920. The lowest BCUT2D eigenvalue weighted by atomic mass is 10.2. The summed E-state index contributed by atoms with van der Waals surface area (Å²) in [7, 11) is -1.42. The Labute approximate surface area is 135 Å². The fourth-order valence-corrected chi connectivity index (χ4v) is 6.18. The second kappa shape index (κ2) is 6.29. The summed E-state index contributed by atoms with van der Waals surface area (Å²) in [5, 5.41) is 0. The number of hydrogen-bond acceptors (Lipinski definition) is 5. The molecule has 0 aromatic carbocycles. The topological polar surface area (TPSA) is 63.7 Å². The Morgan fingerprint density at radius 3 is 2.91 bits per heavy atom. The first-order valence-electron chi connectivity index (χ1n) is 7.62. The minimum Gasteiger partial charge on any atom is -0.383 e. The van der Waals surface area contributed by atoms with E-state index in [1.807, 2.05) is 6.07 Å².